The van der Waals surface area contributed by atoms with Crippen LogP contribution in [-0.2, 0) is 25.9 Å². The summed E-state index contributed by atoms with van der Waals surface area (Å²) in [6, 6.07) is 1.97. The Bertz CT molecular complexity index is 560. The largest absolute Gasteiger partial charge is 0.360 e. The molecule has 6 nitrogen and oxygen atoms in total. The topological polar surface area (TPSA) is 68.8 Å². The van der Waals surface area contributed by atoms with Crippen molar-refractivity contribution >= 4 is 0 Å². The van der Waals surface area contributed by atoms with Crippen LogP contribution in [0.2, 0.25) is 0 Å². The molecule has 1 N–H and O–H groups in total. The van der Waals surface area contributed by atoms with E-state index in [0.29, 0.717) is 5.92 Å². The zero-order valence-electron chi connectivity index (χ0n) is 12.1. The minimum atomic E-state index is 0.632. The molecule has 6 heteroatoms. The molecule has 0 saturated carbocycles. The molecule has 0 unspecified atom stereocenters. The molecule has 108 valence electrons. The van der Waals surface area contributed by atoms with Gasteiger partial charge in [-0.25, -0.2) is 0 Å². The van der Waals surface area contributed by atoms with Gasteiger partial charge in [0.25, 0.3) is 0 Å². The molecule has 1 atom stereocenters. The maximum atomic E-state index is 5.20. The molecule has 2 aromatic rings. The van der Waals surface area contributed by atoms with Crippen LogP contribution < -0.4 is 5.32 Å². The van der Waals surface area contributed by atoms with Gasteiger partial charge >= 0.3 is 0 Å². The number of hydrogen-bond donors (Lipinski definition) is 1. The number of hydrogen-bond acceptors (Lipinski definition) is 5. The number of fused-ring (bicyclic) bond motifs is 1. The van der Waals surface area contributed by atoms with Gasteiger partial charge in [-0.3, -0.25) is 0 Å². The van der Waals surface area contributed by atoms with Crippen molar-refractivity contribution in [3.8, 4) is 0 Å². The van der Waals surface area contributed by atoms with Gasteiger partial charge in [0.05, 0.1) is 12.2 Å². The van der Waals surface area contributed by atoms with E-state index in [2.05, 4.69) is 32.2 Å². The third kappa shape index (κ3) is 2.75. The van der Waals surface area contributed by atoms with E-state index in [0.717, 1.165) is 55.6 Å². The number of rotatable bonds is 5. The van der Waals surface area contributed by atoms with Crippen molar-refractivity contribution in [2.45, 2.75) is 46.2 Å². The lowest BCUT2D eigenvalue weighted by atomic mass is 9.99. The fourth-order valence-electron chi connectivity index (χ4n) is 2.78. The average Bonchev–Trinajstić information content (AvgIpc) is 3.04. The van der Waals surface area contributed by atoms with Gasteiger partial charge in [-0.2, -0.15) is 0 Å². The Kier molecular flexibility index (Phi) is 3.82. The van der Waals surface area contributed by atoms with Crippen molar-refractivity contribution in [3.05, 3.63) is 29.2 Å². The predicted molar refractivity (Wildman–Crippen MR) is 74.2 cm³/mol. The highest BCUT2D eigenvalue weighted by Crippen LogP contribution is 2.19. The molecule has 0 aromatic carbocycles. The highest BCUT2D eigenvalue weighted by molar-refractivity contribution is 5.03. The van der Waals surface area contributed by atoms with Crippen molar-refractivity contribution in [2.75, 3.05) is 6.54 Å². The highest BCUT2D eigenvalue weighted by Gasteiger charge is 2.21. The molecule has 3 rings (SSSR count). The molecule has 3 heterocycles. The standard InChI is InChI=1S/C14H21N5O/c1-3-13-16-17-14-5-4-11(9-19(13)14)7-15-8-12-6-10(2)18-20-12/h6,11,15H,3-5,7-9H2,1-2H3/t11-/m0/s1. The van der Waals surface area contributed by atoms with Crippen molar-refractivity contribution in [3.63, 3.8) is 0 Å². The molecular formula is C14H21N5O. The van der Waals surface area contributed by atoms with E-state index in [-0.39, 0.29) is 0 Å². The molecule has 0 bridgehead atoms. The summed E-state index contributed by atoms with van der Waals surface area (Å²) in [7, 11) is 0. The van der Waals surface area contributed by atoms with Gasteiger partial charge in [0.1, 0.15) is 11.6 Å². The number of nitrogens with one attached hydrogen (secondary N) is 1. The third-order valence-corrected chi connectivity index (χ3v) is 3.85. The quantitative estimate of drug-likeness (QED) is 0.895. The molecule has 0 amide bonds. The lowest BCUT2D eigenvalue weighted by Gasteiger charge is -2.24. The second kappa shape index (κ2) is 5.75. The fourth-order valence-corrected chi connectivity index (χ4v) is 2.78. The van der Waals surface area contributed by atoms with E-state index in [4.69, 9.17) is 4.52 Å². The molecule has 2 aromatic heterocycles. The highest BCUT2D eigenvalue weighted by atomic mass is 16.5. The molecule has 0 spiro atoms. The fraction of sp³-hybridized carbons (Fsp3) is 0.643. The molecule has 0 radical (unpaired) electrons. The van der Waals surface area contributed by atoms with Crippen LogP contribution in [0, 0.1) is 12.8 Å². The van der Waals surface area contributed by atoms with Gasteiger partial charge in [-0.05, 0) is 19.3 Å². The maximum Gasteiger partial charge on any atom is 0.150 e. The maximum absolute atomic E-state index is 5.20. The van der Waals surface area contributed by atoms with Crippen molar-refractivity contribution in [1.29, 1.82) is 0 Å². The summed E-state index contributed by atoms with van der Waals surface area (Å²) in [5.74, 6) is 3.78. The van der Waals surface area contributed by atoms with E-state index < -0.39 is 0 Å². The monoisotopic (exact) mass is 275 g/mol. The van der Waals surface area contributed by atoms with Crippen molar-refractivity contribution in [2.24, 2.45) is 5.92 Å². The zero-order chi connectivity index (χ0) is 13.9. The predicted octanol–water partition coefficient (Wildman–Crippen LogP) is 1.49. The molecule has 0 fully saturated rings. The van der Waals surface area contributed by atoms with Crippen LogP contribution in [-0.4, -0.2) is 26.5 Å². The van der Waals surface area contributed by atoms with Crippen LogP contribution >= 0.6 is 0 Å². The Balaban J connectivity index is 1.52. The van der Waals surface area contributed by atoms with Crippen LogP contribution in [0.5, 0.6) is 0 Å². The van der Waals surface area contributed by atoms with Gasteiger partial charge in [0, 0.05) is 32.0 Å². The van der Waals surface area contributed by atoms with E-state index in [1.54, 1.807) is 0 Å². The Labute approximate surface area is 118 Å². The van der Waals surface area contributed by atoms with Crippen LogP contribution in [0.4, 0.5) is 0 Å². The van der Waals surface area contributed by atoms with E-state index in [1.807, 2.05) is 13.0 Å². The summed E-state index contributed by atoms with van der Waals surface area (Å²) in [4.78, 5) is 0. The van der Waals surface area contributed by atoms with Gasteiger partial charge < -0.3 is 14.4 Å². The number of nitrogens with zero attached hydrogens (tertiary/aromatic N) is 4. The Morgan fingerprint density at radius 2 is 2.35 bits per heavy atom. The summed E-state index contributed by atoms with van der Waals surface area (Å²) < 4.78 is 7.48. The van der Waals surface area contributed by atoms with Crippen molar-refractivity contribution < 1.29 is 4.52 Å². The first kappa shape index (κ1) is 13.3. The Morgan fingerprint density at radius 3 is 3.10 bits per heavy atom. The SMILES string of the molecule is CCc1nnc2n1C[C@H](CNCc1cc(C)no1)CC2. The summed E-state index contributed by atoms with van der Waals surface area (Å²) >= 11 is 0. The van der Waals surface area contributed by atoms with Crippen LogP contribution in [0.15, 0.2) is 10.6 Å². The lowest BCUT2D eigenvalue weighted by molar-refractivity contribution is 0.326. The van der Waals surface area contributed by atoms with Gasteiger partial charge in [0.2, 0.25) is 0 Å². The van der Waals surface area contributed by atoms with E-state index >= 15 is 0 Å². The molecule has 0 aliphatic carbocycles. The minimum absolute atomic E-state index is 0.632. The molecule has 0 saturated heterocycles. The van der Waals surface area contributed by atoms with Crippen molar-refractivity contribution in [1.82, 2.24) is 25.2 Å². The minimum Gasteiger partial charge on any atom is -0.360 e. The molecule has 20 heavy (non-hydrogen) atoms. The van der Waals surface area contributed by atoms with E-state index in [9.17, 15) is 0 Å². The first-order valence-electron chi connectivity index (χ1n) is 7.30. The summed E-state index contributed by atoms with van der Waals surface area (Å²) in [5, 5.41) is 15.9. The van der Waals surface area contributed by atoms with Crippen LogP contribution in [0.1, 0.15) is 36.4 Å². The average molecular weight is 275 g/mol. The normalized spacial score (nSPS) is 18.2. The van der Waals surface area contributed by atoms with Gasteiger partial charge in [-0.1, -0.05) is 12.1 Å². The number of aromatic nitrogens is 4. The first-order chi connectivity index (χ1) is 9.76. The van der Waals surface area contributed by atoms with Gasteiger partial charge in [0.15, 0.2) is 5.76 Å². The lowest BCUT2D eigenvalue weighted by Crippen LogP contribution is -2.30. The van der Waals surface area contributed by atoms with Crippen LogP contribution in [0.3, 0.4) is 0 Å². The molecular weight excluding hydrogens is 254 g/mol. The molecule has 1 aliphatic heterocycles. The van der Waals surface area contributed by atoms with Gasteiger partial charge in [-0.15, -0.1) is 10.2 Å². The zero-order valence-corrected chi connectivity index (χ0v) is 12.1. The van der Waals surface area contributed by atoms with E-state index in [1.165, 1.54) is 6.42 Å². The Hall–Kier alpha value is -1.69. The third-order valence-electron chi connectivity index (χ3n) is 3.85. The van der Waals surface area contributed by atoms with Crippen LogP contribution in [0.25, 0.3) is 0 Å². The summed E-state index contributed by atoms with van der Waals surface area (Å²) in [5.41, 5.74) is 0.932. The Morgan fingerprint density at radius 1 is 1.45 bits per heavy atom. The summed E-state index contributed by atoms with van der Waals surface area (Å²) in [6.45, 7) is 6.82. The second-order valence-electron chi connectivity index (χ2n) is 5.47. The summed E-state index contributed by atoms with van der Waals surface area (Å²) in [6.07, 6.45) is 3.15. The smallest absolute Gasteiger partial charge is 0.150 e. The second-order valence-corrected chi connectivity index (χ2v) is 5.47. The first-order valence-corrected chi connectivity index (χ1v) is 7.30. The molecule has 1 aliphatic rings. The number of aryl methyl sites for hydroxylation is 3.